The molecular weight excluding hydrogens is 168 g/mol. The van der Waals surface area contributed by atoms with Gasteiger partial charge < -0.3 is 5.73 Å². The predicted octanol–water partition coefficient (Wildman–Crippen LogP) is 1.37. The first-order valence-corrected chi connectivity index (χ1v) is 2.89. The van der Waals surface area contributed by atoms with Gasteiger partial charge in [-0.25, -0.2) is 9.97 Å². The summed E-state index contributed by atoms with van der Waals surface area (Å²) in [4.78, 5) is 7.16. The van der Waals surface area contributed by atoms with Crippen molar-refractivity contribution < 1.29 is 0 Å². The van der Waals surface area contributed by atoms with Crippen LogP contribution in [0.4, 0.5) is 5.82 Å². The molecule has 9 heavy (non-hydrogen) atoms. The molecule has 0 atom stereocenters. The van der Waals surface area contributed by atoms with Gasteiger partial charge in [-0.2, -0.15) is 0 Å². The minimum atomic E-state index is 0.0694. The molecule has 0 saturated heterocycles. The number of nitrogens with zero attached hydrogens (tertiary/aromatic N) is 2. The summed E-state index contributed by atoms with van der Waals surface area (Å²) in [6.45, 7) is 0. The molecule has 0 aromatic carbocycles. The predicted molar refractivity (Wildman–Crippen MR) is 36.5 cm³/mol. The molecule has 0 fully saturated rings. The van der Waals surface area contributed by atoms with Crippen molar-refractivity contribution in [2.45, 2.75) is 0 Å². The number of anilines is 1. The van der Waals surface area contributed by atoms with Crippen molar-refractivity contribution in [3.63, 3.8) is 0 Å². The zero-order chi connectivity index (χ0) is 6.85. The lowest BCUT2D eigenvalue weighted by Crippen LogP contribution is -1.91. The molecule has 0 spiro atoms. The molecule has 2 N–H and O–H groups in total. The van der Waals surface area contributed by atoms with Gasteiger partial charge in [-0.05, 0) is 11.6 Å². The van der Waals surface area contributed by atoms with E-state index in [4.69, 9.17) is 28.9 Å². The molecule has 0 aliphatic rings. The van der Waals surface area contributed by atoms with Crippen LogP contribution in [-0.4, -0.2) is 9.97 Å². The third-order valence-corrected chi connectivity index (χ3v) is 1.05. The van der Waals surface area contributed by atoms with Crippen LogP contribution in [0.5, 0.6) is 0 Å². The fraction of sp³-hybridized carbons (Fsp3) is 0. The number of halogens is 2. The van der Waals surface area contributed by atoms with Gasteiger partial charge in [0.25, 0.3) is 0 Å². The molecule has 0 radical (unpaired) electrons. The molecule has 1 heterocycles. The summed E-state index contributed by atoms with van der Waals surface area (Å²) >= 11 is 10.8. The molecule has 48 valence electrons. The Labute approximate surface area is 61.8 Å². The zero-order valence-electron chi connectivity index (χ0n) is 4.31. The molecule has 0 saturated carbocycles. The Balaban J connectivity index is 3.17. The maximum absolute atomic E-state index is 5.43. The van der Waals surface area contributed by atoms with Gasteiger partial charge in [0.15, 0.2) is 0 Å². The molecule has 1 aromatic heterocycles. The molecule has 0 aliphatic heterocycles. The van der Waals surface area contributed by atoms with Crippen LogP contribution < -0.4 is 5.73 Å². The third-order valence-electron chi connectivity index (χ3n) is 0.687. The van der Waals surface area contributed by atoms with Crippen molar-refractivity contribution in [2.24, 2.45) is 0 Å². The molecule has 3 nitrogen and oxygen atoms in total. The van der Waals surface area contributed by atoms with Crippen molar-refractivity contribution in [1.82, 2.24) is 9.97 Å². The monoisotopic (exact) mass is 170 g/mol. The van der Waals surface area contributed by atoms with Crippen LogP contribution in [-0.2, 0) is 0 Å². The molecule has 0 unspecified atom stereocenters. The van der Waals surface area contributed by atoms with E-state index in [1.165, 1.54) is 6.07 Å². The molecule has 0 amide bonds. The third kappa shape index (κ3) is 1.69. The van der Waals surface area contributed by atoms with E-state index in [2.05, 4.69) is 9.97 Å². The summed E-state index contributed by atoms with van der Waals surface area (Å²) < 4.78 is 0. The van der Waals surface area contributed by atoms with Gasteiger partial charge in [-0.3, -0.25) is 0 Å². The SMILES string of the molecule is [15NH2][13c]1[13cH][13c](Cl)[15n][13c](Cl)[15n]1. The number of hydrogen-bond donors (Lipinski definition) is 1. The first kappa shape index (κ1) is 6.58. The summed E-state index contributed by atoms with van der Waals surface area (Å²) in [5.41, 5.74) is 5.24. The minimum absolute atomic E-state index is 0.0694. The Morgan fingerprint density at radius 2 is 2.00 bits per heavy atom. The molecule has 0 aliphatic carbocycles. The topological polar surface area (TPSA) is 51.8 Å². The van der Waals surface area contributed by atoms with Crippen molar-refractivity contribution in [3.8, 4) is 0 Å². The fourth-order valence-electron chi connectivity index (χ4n) is 0.406. The van der Waals surface area contributed by atoms with Crippen molar-refractivity contribution in [3.05, 3.63) is 16.5 Å². The van der Waals surface area contributed by atoms with Crippen LogP contribution >= 0.6 is 23.2 Å². The molecule has 5 heteroatoms. The fourth-order valence-corrected chi connectivity index (χ4v) is 0.830. The van der Waals surface area contributed by atoms with E-state index in [1.807, 2.05) is 0 Å². The lowest BCUT2D eigenvalue weighted by atomic mass is 11.6. The van der Waals surface area contributed by atoms with E-state index in [0.717, 1.165) is 0 Å². The van der Waals surface area contributed by atoms with Gasteiger partial charge in [0.2, 0.25) is 5.28 Å². The van der Waals surface area contributed by atoms with Gasteiger partial charge in [0.1, 0.15) is 11.0 Å². The Hall–Kier alpha value is -0.540. The normalized spacial score (nSPS) is 9.56. The summed E-state index contributed by atoms with van der Waals surface area (Å²) in [5.74, 6) is 0.278. The highest BCUT2D eigenvalue weighted by molar-refractivity contribution is 6.32. The quantitative estimate of drug-likeness (QED) is 0.364. The molecule has 1 aromatic rings. The number of nitrogen functional groups attached to an aromatic ring is 1. The lowest BCUT2D eigenvalue weighted by Gasteiger charge is -1.91. The van der Waals surface area contributed by atoms with Gasteiger partial charge in [0, 0.05) is 6.07 Å². The zero-order valence-corrected chi connectivity index (χ0v) is 5.82. The smallest absolute Gasteiger partial charge is 0.225 e. The van der Waals surface area contributed by atoms with Crippen LogP contribution in [0.3, 0.4) is 0 Å². The number of aromatic nitrogens is 2. The molecule has 1 rings (SSSR count). The minimum Gasteiger partial charge on any atom is -0.384 e. The van der Waals surface area contributed by atoms with Gasteiger partial charge in [0.05, 0.1) is 0 Å². The number of nitrogens with two attached hydrogens (primary N) is 1. The van der Waals surface area contributed by atoms with Crippen molar-refractivity contribution >= 4 is 29.0 Å². The van der Waals surface area contributed by atoms with Crippen molar-refractivity contribution in [2.75, 3.05) is 5.73 Å². The molecular formula is C4H3Cl2N3. The average molecular weight is 171 g/mol. The highest BCUT2D eigenvalue weighted by Gasteiger charge is 1.94. The second-order valence-electron chi connectivity index (χ2n) is 1.38. The van der Waals surface area contributed by atoms with Crippen LogP contribution in [0.25, 0.3) is 0 Å². The number of hydrogen-bond acceptors (Lipinski definition) is 3. The van der Waals surface area contributed by atoms with Gasteiger partial charge in [-0.15, -0.1) is 0 Å². The maximum atomic E-state index is 5.43. The highest BCUT2D eigenvalue weighted by atomic mass is 35.5. The second-order valence-corrected chi connectivity index (χ2v) is 2.11. The first-order chi connectivity index (χ1) is 4.18. The van der Waals surface area contributed by atoms with E-state index in [-0.39, 0.29) is 16.3 Å². The van der Waals surface area contributed by atoms with Crippen molar-refractivity contribution in [1.29, 1.82) is 0 Å². The largest absolute Gasteiger partial charge is 0.384 e. The van der Waals surface area contributed by atoms with E-state index in [9.17, 15) is 0 Å². The first-order valence-electron chi connectivity index (χ1n) is 2.14. The van der Waals surface area contributed by atoms with E-state index in [0.29, 0.717) is 0 Å². The van der Waals surface area contributed by atoms with E-state index in [1.54, 1.807) is 0 Å². The highest BCUT2D eigenvalue weighted by Crippen LogP contribution is 2.10. The summed E-state index contributed by atoms with van der Waals surface area (Å²) in [6.07, 6.45) is 0. The Kier molecular flexibility index (Phi) is 1.73. The maximum Gasteiger partial charge on any atom is 0.225 e. The summed E-state index contributed by atoms with van der Waals surface area (Å²) in [5, 5.41) is 0.326. The Bertz CT molecular complexity index is 175. The second kappa shape index (κ2) is 2.37. The Morgan fingerprint density at radius 3 is 2.44 bits per heavy atom. The standard InChI is InChI=1S/C4H3Cl2N3/c5-2-1-3(7)9-4(6)8-2/h1H,(H2,7,8,9)/i1+1,2+1,3+1,4+1,7+1,8+1,9+1. The van der Waals surface area contributed by atoms with Crippen LogP contribution in [0.1, 0.15) is 0 Å². The summed E-state index contributed by atoms with van der Waals surface area (Å²) in [7, 11) is 0. The molecule has 0 bridgehead atoms. The summed E-state index contributed by atoms with van der Waals surface area (Å²) in [6, 6.07) is 1.42. The van der Waals surface area contributed by atoms with Gasteiger partial charge >= 0.3 is 0 Å². The lowest BCUT2D eigenvalue weighted by molar-refractivity contribution is 1.18. The average Bonchev–Trinajstić information content (AvgIpc) is 1.59. The van der Waals surface area contributed by atoms with E-state index < -0.39 is 0 Å². The number of rotatable bonds is 0. The van der Waals surface area contributed by atoms with Crippen LogP contribution in [0, 0.1) is 0 Å². The van der Waals surface area contributed by atoms with E-state index >= 15 is 0 Å². The Morgan fingerprint density at radius 1 is 1.33 bits per heavy atom. The van der Waals surface area contributed by atoms with Crippen LogP contribution in [0.2, 0.25) is 10.4 Å². The van der Waals surface area contributed by atoms with Crippen LogP contribution in [0.15, 0.2) is 6.07 Å². The van der Waals surface area contributed by atoms with Gasteiger partial charge in [-0.1, -0.05) is 11.6 Å².